The van der Waals surface area contributed by atoms with Gasteiger partial charge in [-0.05, 0) is 44.0 Å². The smallest absolute Gasteiger partial charge is 0.329 e. The lowest BCUT2D eigenvalue weighted by molar-refractivity contribution is -0.157. The number of carbonyl (C=O) groups is 3. The molecule has 2 atom stereocenters. The van der Waals surface area contributed by atoms with Crippen LogP contribution in [0.2, 0.25) is 0 Å². The highest BCUT2D eigenvalue weighted by atomic mass is 16.5. The van der Waals surface area contributed by atoms with Crippen LogP contribution >= 0.6 is 0 Å². The van der Waals surface area contributed by atoms with Gasteiger partial charge in [-0.15, -0.1) is 6.58 Å². The zero-order valence-electron chi connectivity index (χ0n) is 16.3. The SMILES string of the molecule is C=CCNC(=O)[C@H](C)OC(=O)[C@@H](NC(=O)c1ccc(OCC)cc1)C(C)C. The highest BCUT2D eigenvalue weighted by Crippen LogP contribution is 2.13. The van der Waals surface area contributed by atoms with Gasteiger partial charge in [0.25, 0.3) is 11.8 Å². The lowest BCUT2D eigenvalue weighted by Crippen LogP contribution is -2.47. The summed E-state index contributed by atoms with van der Waals surface area (Å²) in [6.45, 7) is 11.2. The van der Waals surface area contributed by atoms with Crippen LogP contribution in [0, 0.1) is 5.92 Å². The number of hydrogen-bond donors (Lipinski definition) is 2. The molecule has 0 aliphatic carbocycles. The summed E-state index contributed by atoms with van der Waals surface area (Å²) in [6, 6.07) is 5.74. The molecule has 7 heteroatoms. The molecule has 0 unspecified atom stereocenters. The van der Waals surface area contributed by atoms with E-state index in [2.05, 4.69) is 17.2 Å². The molecule has 0 radical (unpaired) electrons. The largest absolute Gasteiger partial charge is 0.494 e. The van der Waals surface area contributed by atoms with Gasteiger partial charge in [-0.25, -0.2) is 4.79 Å². The first-order valence-corrected chi connectivity index (χ1v) is 8.92. The topological polar surface area (TPSA) is 93.7 Å². The lowest BCUT2D eigenvalue weighted by Gasteiger charge is -2.23. The van der Waals surface area contributed by atoms with Gasteiger partial charge < -0.3 is 20.1 Å². The van der Waals surface area contributed by atoms with Crippen LogP contribution in [0.1, 0.15) is 38.1 Å². The van der Waals surface area contributed by atoms with Crippen molar-refractivity contribution in [2.24, 2.45) is 5.92 Å². The molecule has 0 fully saturated rings. The Morgan fingerprint density at radius 2 is 1.78 bits per heavy atom. The molecule has 0 saturated carbocycles. The molecular weight excluding hydrogens is 348 g/mol. The normalized spacial score (nSPS) is 12.6. The molecular formula is C20H28N2O5. The molecule has 0 heterocycles. The third-order valence-electron chi connectivity index (χ3n) is 3.72. The quantitative estimate of drug-likeness (QED) is 0.482. The van der Waals surface area contributed by atoms with Gasteiger partial charge >= 0.3 is 5.97 Å². The first kappa shape index (κ1) is 22.2. The second kappa shape index (κ2) is 11.0. The Kier molecular flexibility index (Phi) is 9.05. The van der Waals surface area contributed by atoms with Crippen LogP contribution < -0.4 is 15.4 Å². The van der Waals surface area contributed by atoms with Crippen molar-refractivity contribution in [3.05, 3.63) is 42.5 Å². The second-order valence-electron chi connectivity index (χ2n) is 6.27. The van der Waals surface area contributed by atoms with E-state index in [0.717, 1.165) is 0 Å². The number of esters is 1. The van der Waals surface area contributed by atoms with E-state index >= 15 is 0 Å². The number of ether oxygens (including phenoxy) is 2. The maximum atomic E-state index is 12.4. The van der Waals surface area contributed by atoms with Gasteiger partial charge in [-0.2, -0.15) is 0 Å². The molecule has 148 valence electrons. The summed E-state index contributed by atoms with van der Waals surface area (Å²) in [4.78, 5) is 36.7. The molecule has 1 aromatic carbocycles. The highest BCUT2D eigenvalue weighted by molar-refractivity contribution is 5.97. The zero-order valence-corrected chi connectivity index (χ0v) is 16.3. The van der Waals surface area contributed by atoms with Gasteiger partial charge in [0, 0.05) is 12.1 Å². The Balaban J connectivity index is 2.74. The number of benzene rings is 1. The van der Waals surface area contributed by atoms with E-state index in [1.165, 1.54) is 13.0 Å². The Labute approximate surface area is 160 Å². The lowest BCUT2D eigenvalue weighted by atomic mass is 10.0. The van der Waals surface area contributed by atoms with Crippen LogP contribution in [0.25, 0.3) is 0 Å². The monoisotopic (exact) mass is 376 g/mol. The summed E-state index contributed by atoms with van der Waals surface area (Å²) >= 11 is 0. The van der Waals surface area contributed by atoms with Gasteiger partial charge in [0.05, 0.1) is 6.61 Å². The molecule has 2 N–H and O–H groups in total. The molecule has 0 aromatic heterocycles. The minimum Gasteiger partial charge on any atom is -0.494 e. The fourth-order valence-corrected chi connectivity index (χ4v) is 2.21. The van der Waals surface area contributed by atoms with Crippen molar-refractivity contribution in [1.82, 2.24) is 10.6 Å². The van der Waals surface area contributed by atoms with E-state index in [0.29, 0.717) is 17.9 Å². The average molecular weight is 376 g/mol. The average Bonchev–Trinajstić information content (AvgIpc) is 2.64. The summed E-state index contributed by atoms with van der Waals surface area (Å²) in [6.07, 6.45) is 0.557. The summed E-state index contributed by atoms with van der Waals surface area (Å²) in [7, 11) is 0. The second-order valence-corrected chi connectivity index (χ2v) is 6.27. The van der Waals surface area contributed by atoms with Crippen molar-refractivity contribution in [3.8, 4) is 5.75 Å². The molecule has 27 heavy (non-hydrogen) atoms. The summed E-state index contributed by atoms with van der Waals surface area (Å²) < 4.78 is 10.5. The van der Waals surface area contributed by atoms with E-state index in [1.54, 1.807) is 38.1 Å². The maximum Gasteiger partial charge on any atom is 0.329 e. The van der Waals surface area contributed by atoms with Crippen LogP contribution in [0.5, 0.6) is 5.75 Å². The predicted molar refractivity (Wildman–Crippen MR) is 102 cm³/mol. The van der Waals surface area contributed by atoms with Crippen molar-refractivity contribution in [2.45, 2.75) is 39.8 Å². The van der Waals surface area contributed by atoms with E-state index < -0.39 is 29.9 Å². The number of amides is 2. The first-order chi connectivity index (χ1) is 12.8. The molecule has 1 rings (SSSR count). The van der Waals surface area contributed by atoms with Crippen molar-refractivity contribution < 1.29 is 23.9 Å². The zero-order chi connectivity index (χ0) is 20.4. The Morgan fingerprint density at radius 1 is 1.15 bits per heavy atom. The van der Waals surface area contributed by atoms with Crippen LogP contribution in [0.3, 0.4) is 0 Å². The molecule has 7 nitrogen and oxygen atoms in total. The molecule has 0 spiro atoms. The van der Waals surface area contributed by atoms with Gasteiger partial charge in [0.2, 0.25) is 0 Å². The Hall–Kier alpha value is -2.83. The Bertz CT molecular complexity index is 655. The van der Waals surface area contributed by atoms with Crippen LogP contribution in [-0.2, 0) is 14.3 Å². The predicted octanol–water partition coefficient (Wildman–Crippen LogP) is 2.07. The summed E-state index contributed by atoms with van der Waals surface area (Å²) in [5.41, 5.74) is 0.397. The van der Waals surface area contributed by atoms with E-state index in [9.17, 15) is 14.4 Å². The minimum atomic E-state index is -0.971. The number of hydrogen-bond acceptors (Lipinski definition) is 5. The third-order valence-corrected chi connectivity index (χ3v) is 3.72. The fraction of sp³-hybridized carbons (Fsp3) is 0.450. The molecule has 0 saturated heterocycles. The molecule has 0 aliphatic heterocycles. The molecule has 1 aromatic rings. The molecule has 0 bridgehead atoms. The van der Waals surface area contributed by atoms with Crippen molar-refractivity contribution in [1.29, 1.82) is 0 Å². The van der Waals surface area contributed by atoms with Crippen molar-refractivity contribution in [3.63, 3.8) is 0 Å². The summed E-state index contributed by atoms with van der Waals surface area (Å²) in [5, 5.41) is 5.22. The molecule has 0 aliphatic rings. The van der Waals surface area contributed by atoms with Gasteiger partial charge in [-0.3, -0.25) is 9.59 Å². The van der Waals surface area contributed by atoms with E-state index in [4.69, 9.17) is 9.47 Å². The summed E-state index contributed by atoms with van der Waals surface area (Å²) in [5.74, 6) is -1.05. The highest BCUT2D eigenvalue weighted by Gasteiger charge is 2.29. The Morgan fingerprint density at radius 3 is 2.30 bits per heavy atom. The van der Waals surface area contributed by atoms with Crippen LogP contribution in [-0.4, -0.2) is 43.1 Å². The number of rotatable bonds is 10. The molecule has 2 amide bonds. The minimum absolute atomic E-state index is 0.215. The third kappa shape index (κ3) is 7.13. The van der Waals surface area contributed by atoms with Crippen molar-refractivity contribution >= 4 is 17.8 Å². The van der Waals surface area contributed by atoms with Gasteiger partial charge in [-0.1, -0.05) is 19.9 Å². The maximum absolute atomic E-state index is 12.4. The number of carbonyl (C=O) groups excluding carboxylic acids is 3. The van der Waals surface area contributed by atoms with Crippen LogP contribution in [0.4, 0.5) is 0 Å². The van der Waals surface area contributed by atoms with Crippen LogP contribution in [0.15, 0.2) is 36.9 Å². The van der Waals surface area contributed by atoms with E-state index in [-0.39, 0.29) is 12.5 Å². The van der Waals surface area contributed by atoms with Gasteiger partial charge in [0.15, 0.2) is 6.10 Å². The standard InChI is InChI=1S/C20H28N2O5/c1-6-12-21-18(23)14(5)27-20(25)17(13(3)4)22-19(24)15-8-10-16(11-9-15)26-7-2/h6,8-11,13-14,17H,1,7,12H2,2-5H3,(H,21,23)(H,22,24)/t14-,17-/m0/s1. The van der Waals surface area contributed by atoms with Crippen molar-refractivity contribution in [2.75, 3.05) is 13.2 Å². The first-order valence-electron chi connectivity index (χ1n) is 8.92. The van der Waals surface area contributed by atoms with Gasteiger partial charge in [0.1, 0.15) is 11.8 Å². The number of nitrogens with one attached hydrogen (secondary N) is 2. The van der Waals surface area contributed by atoms with E-state index in [1.807, 2.05) is 6.92 Å². The fourth-order valence-electron chi connectivity index (χ4n) is 2.21.